The summed E-state index contributed by atoms with van der Waals surface area (Å²) in [6, 6.07) is 26.0. The van der Waals surface area contributed by atoms with Crippen LogP contribution in [0.3, 0.4) is 0 Å². The molecule has 0 unspecified atom stereocenters. The van der Waals surface area contributed by atoms with Crippen LogP contribution in [-0.4, -0.2) is 66.6 Å². The van der Waals surface area contributed by atoms with E-state index < -0.39 is 0 Å². The predicted octanol–water partition coefficient (Wildman–Crippen LogP) is 5.25. The highest BCUT2D eigenvalue weighted by atomic mass is 16.5. The van der Waals surface area contributed by atoms with Crippen LogP contribution >= 0.6 is 0 Å². The molecule has 2 amide bonds. The third kappa shape index (κ3) is 8.20. The van der Waals surface area contributed by atoms with Gasteiger partial charge in [0.05, 0.1) is 19.8 Å². The minimum absolute atomic E-state index is 0.0158. The number of carbonyl (C=O) groups excluding carboxylic acids is 2. The number of carbonyl (C=O) groups is 2. The van der Waals surface area contributed by atoms with Crippen molar-refractivity contribution in [2.45, 2.75) is 32.7 Å². The molecule has 1 heterocycles. The van der Waals surface area contributed by atoms with E-state index in [1.54, 1.807) is 12.0 Å². The number of amides is 2. The van der Waals surface area contributed by atoms with Gasteiger partial charge < -0.3 is 24.3 Å². The molecule has 0 aliphatic rings. The van der Waals surface area contributed by atoms with Gasteiger partial charge in [-0.15, -0.1) is 0 Å². The van der Waals surface area contributed by atoms with Crippen molar-refractivity contribution in [2.75, 3.05) is 40.0 Å². The first-order valence-electron chi connectivity index (χ1n) is 13.9. The van der Waals surface area contributed by atoms with E-state index >= 15 is 0 Å². The first-order valence-corrected chi connectivity index (χ1v) is 13.9. The van der Waals surface area contributed by atoms with Gasteiger partial charge in [-0.2, -0.15) is 0 Å². The molecule has 1 N–H and O–H groups in total. The molecule has 0 spiro atoms. The fraction of sp³-hybridized carbons (Fsp3) is 0.333. The largest absolute Gasteiger partial charge is 0.494 e. The topological polar surface area (TPSA) is 74.9 Å². The van der Waals surface area contributed by atoms with Gasteiger partial charge in [0, 0.05) is 50.3 Å². The molecular weight excluding hydrogens is 502 g/mol. The Morgan fingerprint density at radius 2 is 1.55 bits per heavy atom. The third-order valence-corrected chi connectivity index (χ3v) is 7.00. The van der Waals surface area contributed by atoms with Gasteiger partial charge in [-0.05, 0) is 54.7 Å². The van der Waals surface area contributed by atoms with E-state index in [0.29, 0.717) is 52.1 Å². The average molecular weight is 542 g/mol. The van der Waals surface area contributed by atoms with E-state index in [-0.39, 0.29) is 18.4 Å². The lowest BCUT2D eigenvalue weighted by atomic mass is 10.1. The first-order chi connectivity index (χ1) is 19.6. The molecule has 3 aromatic carbocycles. The highest BCUT2D eigenvalue weighted by Crippen LogP contribution is 2.20. The lowest BCUT2D eigenvalue weighted by Gasteiger charge is -2.28. The summed E-state index contributed by atoms with van der Waals surface area (Å²) < 4.78 is 10.8. The number of methoxy groups -OCH3 is 1. The van der Waals surface area contributed by atoms with Crippen molar-refractivity contribution in [1.29, 1.82) is 0 Å². The van der Waals surface area contributed by atoms with Gasteiger partial charge in [-0.3, -0.25) is 9.59 Å². The number of hydrogen-bond acceptors (Lipinski definition) is 4. The van der Waals surface area contributed by atoms with E-state index in [2.05, 4.69) is 17.1 Å². The van der Waals surface area contributed by atoms with Crippen molar-refractivity contribution >= 4 is 22.7 Å². The SMILES string of the molecule is CCOc1ccc(CN(CCc2c[nH]c3ccccc23)C(=O)CN(CCOC)C(=O)CCc2ccccc2)cc1. The van der Waals surface area contributed by atoms with Crippen molar-refractivity contribution < 1.29 is 19.1 Å². The molecule has 0 bridgehead atoms. The number of aryl methyl sites for hydroxylation is 1. The summed E-state index contributed by atoms with van der Waals surface area (Å²) in [4.78, 5) is 33.8. The summed E-state index contributed by atoms with van der Waals surface area (Å²) in [5, 5.41) is 1.16. The standard InChI is InChI=1S/C33H39N3O4/c1-3-40-29-16-13-27(14-17-29)24-35(20-19-28-23-34-31-12-8-7-11-30(28)31)33(38)25-36(21-22-39-2)32(37)18-15-26-9-5-4-6-10-26/h4-14,16-17,23,34H,3,15,18-22,24-25H2,1-2H3. The Balaban J connectivity index is 1.48. The molecule has 0 aliphatic carbocycles. The predicted molar refractivity (Wildman–Crippen MR) is 158 cm³/mol. The van der Waals surface area contributed by atoms with Crippen LogP contribution in [0.5, 0.6) is 5.75 Å². The number of nitrogens with one attached hydrogen (secondary N) is 1. The number of nitrogens with zero attached hydrogens (tertiary/aromatic N) is 2. The van der Waals surface area contributed by atoms with Gasteiger partial charge in [0.1, 0.15) is 5.75 Å². The van der Waals surface area contributed by atoms with E-state index in [1.165, 1.54) is 0 Å². The van der Waals surface area contributed by atoms with Crippen LogP contribution in [0.25, 0.3) is 10.9 Å². The summed E-state index contributed by atoms with van der Waals surface area (Å²) in [6.45, 7) is 4.30. The van der Waals surface area contributed by atoms with Gasteiger partial charge in [-0.1, -0.05) is 60.7 Å². The molecule has 1 aromatic heterocycles. The zero-order valence-electron chi connectivity index (χ0n) is 23.5. The summed E-state index contributed by atoms with van der Waals surface area (Å²) >= 11 is 0. The second kappa shape index (κ2) is 14.9. The summed E-state index contributed by atoms with van der Waals surface area (Å²) in [7, 11) is 1.61. The number of hydrogen-bond donors (Lipinski definition) is 1. The maximum atomic E-state index is 13.8. The highest BCUT2D eigenvalue weighted by Gasteiger charge is 2.22. The Hall–Kier alpha value is -4.10. The lowest BCUT2D eigenvalue weighted by Crippen LogP contribution is -2.44. The van der Waals surface area contributed by atoms with E-state index in [4.69, 9.17) is 9.47 Å². The first kappa shape index (κ1) is 28.9. The number of H-pyrrole nitrogens is 1. The minimum atomic E-state index is -0.0853. The van der Waals surface area contributed by atoms with Crippen LogP contribution in [0.4, 0.5) is 0 Å². The van der Waals surface area contributed by atoms with Crippen LogP contribution in [0.2, 0.25) is 0 Å². The van der Waals surface area contributed by atoms with Gasteiger partial charge in [0.15, 0.2) is 0 Å². The maximum Gasteiger partial charge on any atom is 0.242 e. The molecule has 4 aromatic rings. The van der Waals surface area contributed by atoms with E-state index in [0.717, 1.165) is 33.3 Å². The van der Waals surface area contributed by atoms with Crippen LogP contribution in [-0.2, 0) is 33.7 Å². The van der Waals surface area contributed by atoms with Gasteiger partial charge in [0.25, 0.3) is 0 Å². The maximum absolute atomic E-state index is 13.8. The zero-order chi connectivity index (χ0) is 28.2. The Bertz CT molecular complexity index is 1350. The fourth-order valence-electron chi connectivity index (χ4n) is 4.77. The zero-order valence-corrected chi connectivity index (χ0v) is 23.5. The van der Waals surface area contributed by atoms with Gasteiger partial charge in [0.2, 0.25) is 11.8 Å². The number of benzene rings is 3. The molecule has 0 saturated carbocycles. The molecule has 7 heteroatoms. The summed E-state index contributed by atoms with van der Waals surface area (Å²) in [6.07, 6.45) is 3.69. The van der Waals surface area contributed by atoms with Crippen molar-refractivity contribution in [2.24, 2.45) is 0 Å². The number of aromatic amines is 1. The van der Waals surface area contributed by atoms with Crippen molar-refractivity contribution in [1.82, 2.24) is 14.8 Å². The average Bonchev–Trinajstić information content (AvgIpc) is 3.40. The monoisotopic (exact) mass is 541 g/mol. The Labute approximate surface area is 236 Å². The third-order valence-electron chi connectivity index (χ3n) is 7.00. The van der Waals surface area contributed by atoms with Gasteiger partial charge in [-0.25, -0.2) is 0 Å². The van der Waals surface area contributed by atoms with Crippen molar-refractivity contribution in [3.8, 4) is 5.75 Å². The molecule has 0 radical (unpaired) electrons. The Morgan fingerprint density at radius 3 is 2.30 bits per heavy atom. The van der Waals surface area contributed by atoms with Crippen LogP contribution < -0.4 is 4.74 Å². The lowest BCUT2D eigenvalue weighted by molar-refractivity contribution is -0.141. The number of rotatable bonds is 15. The molecule has 0 saturated heterocycles. The molecule has 0 atom stereocenters. The Morgan fingerprint density at radius 1 is 0.800 bits per heavy atom. The quantitative estimate of drug-likeness (QED) is 0.223. The molecule has 4 rings (SSSR count). The number of ether oxygens (including phenoxy) is 2. The summed E-state index contributed by atoms with van der Waals surface area (Å²) in [5.41, 5.74) is 4.35. The van der Waals surface area contributed by atoms with Crippen molar-refractivity contribution in [3.63, 3.8) is 0 Å². The Kier molecular flexibility index (Phi) is 10.8. The minimum Gasteiger partial charge on any atom is -0.494 e. The number of para-hydroxylation sites is 1. The van der Waals surface area contributed by atoms with Crippen LogP contribution in [0, 0.1) is 0 Å². The van der Waals surface area contributed by atoms with E-state index in [1.807, 2.05) is 84.8 Å². The molecule has 0 fully saturated rings. The highest BCUT2D eigenvalue weighted by molar-refractivity contribution is 5.85. The molecule has 7 nitrogen and oxygen atoms in total. The fourth-order valence-corrected chi connectivity index (χ4v) is 4.77. The van der Waals surface area contributed by atoms with Crippen molar-refractivity contribution in [3.05, 3.63) is 102 Å². The summed E-state index contributed by atoms with van der Waals surface area (Å²) in [5.74, 6) is 0.669. The second-order valence-corrected chi connectivity index (χ2v) is 9.80. The normalized spacial score (nSPS) is 10.9. The number of aromatic nitrogens is 1. The van der Waals surface area contributed by atoms with Crippen LogP contribution in [0.15, 0.2) is 85.1 Å². The van der Waals surface area contributed by atoms with Gasteiger partial charge >= 0.3 is 0 Å². The number of fused-ring (bicyclic) bond motifs is 1. The smallest absolute Gasteiger partial charge is 0.242 e. The molecule has 210 valence electrons. The molecule has 40 heavy (non-hydrogen) atoms. The van der Waals surface area contributed by atoms with E-state index in [9.17, 15) is 9.59 Å². The molecule has 0 aliphatic heterocycles. The van der Waals surface area contributed by atoms with Crippen LogP contribution in [0.1, 0.15) is 30.0 Å². The molecular formula is C33H39N3O4. The second-order valence-electron chi connectivity index (χ2n) is 9.80.